The van der Waals surface area contributed by atoms with Gasteiger partial charge in [0.25, 0.3) is 0 Å². The van der Waals surface area contributed by atoms with E-state index in [1.54, 1.807) is 0 Å². The van der Waals surface area contributed by atoms with Crippen molar-refractivity contribution in [3.8, 4) is 0 Å². The first-order chi connectivity index (χ1) is 6.69. The fraction of sp³-hybridized carbons (Fsp3) is 0.800. The summed E-state index contributed by atoms with van der Waals surface area (Å²) in [5.74, 6) is 0. The van der Waals surface area contributed by atoms with Crippen molar-refractivity contribution in [2.45, 2.75) is 3.72 Å². The Bertz CT molecular complexity index is 230. The summed E-state index contributed by atoms with van der Waals surface area (Å²) in [6.45, 7) is 0. The summed E-state index contributed by atoms with van der Waals surface area (Å²) in [6, 6.07) is 0. The molecule has 0 aromatic carbocycles. The molecule has 0 nitrogen and oxygen atoms in total. The quantitative estimate of drug-likeness (QED) is 0.195. The summed E-state index contributed by atoms with van der Waals surface area (Å²) in [7, 11) is 0. The van der Waals surface area contributed by atoms with Gasteiger partial charge in [0.15, 0.2) is 0 Å². The average Bonchev–Trinajstić information content (AvgIpc) is 1.97. The second kappa shape index (κ2) is 9.11. The SMILES string of the molecule is I[C](I)C(I)(I)C(I)(C(I)(I)I)C(I)(I)I. The third kappa shape index (κ3) is 5.79. The van der Waals surface area contributed by atoms with E-state index in [2.05, 4.69) is 248 Å². The standard InChI is InChI=1S/C5I11/c6-1(7)2(8,9)3(10,4(11,12)13)5(14,15)16. The lowest BCUT2D eigenvalue weighted by atomic mass is 10.1. The zero-order valence-electron chi connectivity index (χ0n) is 6.66. The molecule has 0 aliphatic carbocycles. The predicted octanol–water partition coefficient (Wildman–Crippen LogP) is 9.00. The molecule has 0 aliphatic rings. The molecule has 0 aliphatic heterocycles. The average molecular weight is 1460 g/mol. The lowest BCUT2D eigenvalue weighted by Crippen LogP contribution is -2.58. The van der Waals surface area contributed by atoms with Crippen LogP contribution in [0.1, 0.15) is 0 Å². The maximum absolute atomic E-state index is 2.66. The second-order valence-electron chi connectivity index (χ2n) is 2.49. The van der Waals surface area contributed by atoms with Gasteiger partial charge in [-0.3, -0.25) is 0 Å². The molecule has 0 bridgehead atoms. The maximum atomic E-state index is 2.66. The Hall–Kier alpha value is 8.03. The van der Waals surface area contributed by atoms with E-state index in [0.29, 0.717) is 0 Å². The van der Waals surface area contributed by atoms with Crippen LogP contribution in [0.5, 0.6) is 0 Å². The Labute approximate surface area is 246 Å². The van der Waals surface area contributed by atoms with Crippen LogP contribution < -0.4 is 0 Å². The van der Waals surface area contributed by atoms with Crippen molar-refractivity contribution in [1.29, 1.82) is 0 Å². The van der Waals surface area contributed by atoms with Gasteiger partial charge >= 0.3 is 0 Å². The Kier molecular flexibility index (Phi) is 13.7. The monoisotopic (exact) mass is 1460 g/mol. The zero-order valence-corrected chi connectivity index (χ0v) is 30.4. The van der Waals surface area contributed by atoms with Gasteiger partial charge < -0.3 is 0 Å². The van der Waals surface area contributed by atoms with Crippen LogP contribution in [0, 0.1) is 1.93 Å². The van der Waals surface area contributed by atoms with Crippen LogP contribution in [0.15, 0.2) is 0 Å². The van der Waals surface area contributed by atoms with Gasteiger partial charge in [-0.25, -0.2) is 0 Å². The fourth-order valence-corrected chi connectivity index (χ4v) is 20.1. The third-order valence-corrected chi connectivity index (χ3v) is 25.4. The second-order valence-corrected chi connectivity index (χ2v) is 35.7. The van der Waals surface area contributed by atoms with Crippen LogP contribution in [-0.4, -0.2) is 3.72 Å². The van der Waals surface area contributed by atoms with Crippen molar-refractivity contribution in [3.63, 3.8) is 0 Å². The van der Waals surface area contributed by atoms with E-state index in [1.807, 2.05) is 0 Å². The zero-order chi connectivity index (χ0) is 13.6. The van der Waals surface area contributed by atoms with Crippen molar-refractivity contribution < 1.29 is 0 Å². The van der Waals surface area contributed by atoms with Crippen LogP contribution >= 0.6 is 248 Å². The van der Waals surface area contributed by atoms with E-state index < -0.39 is 0 Å². The first kappa shape index (κ1) is 24.0. The maximum Gasteiger partial charge on any atom is 0.143 e. The molecule has 1 radical (unpaired) electrons. The first-order valence-corrected chi connectivity index (χ1v) is 14.9. The molecule has 0 fully saturated rings. The van der Waals surface area contributed by atoms with Gasteiger partial charge in [-0.15, -0.1) is 0 Å². The lowest BCUT2D eigenvalue weighted by molar-refractivity contribution is 0.774. The molecule has 0 N–H and O–H groups in total. The summed E-state index contributed by atoms with van der Waals surface area (Å²) in [5.41, 5.74) is 0. The molecule has 0 amide bonds. The highest BCUT2D eigenvalue weighted by Gasteiger charge is 2.68. The molecule has 0 rings (SSSR count). The van der Waals surface area contributed by atoms with E-state index in [0.717, 1.165) is 0 Å². The highest BCUT2D eigenvalue weighted by Crippen LogP contribution is 2.73. The van der Waals surface area contributed by atoms with Crippen molar-refractivity contribution >= 4 is 248 Å². The molecular formula is C5I11. The number of halogens is 11. The molecule has 0 atom stereocenters. The molecule has 0 unspecified atom stereocenters. The number of rotatable bonds is 4. The molecule has 0 saturated carbocycles. The van der Waals surface area contributed by atoms with E-state index >= 15 is 0 Å². The molecule has 11 heteroatoms. The van der Waals surface area contributed by atoms with Gasteiger partial charge in [0.2, 0.25) is 0 Å². The molecule has 0 aromatic rings. The minimum absolute atomic E-state index is 0.0946. The van der Waals surface area contributed by atoms with Crippen LogP contribution in [0.25, 0.3) is 0 Å². The molecule has 97 valence electrons. The van der Waals surface area contributed by atoms with Crippen molar-refractivity contribution in [1.82, 2.24) is 0 Å². The summed E-state index contributed by atoms with van der Waals surface area (Å²) in [4.78, 5) is 0. The van der Waals surface area contributed by atoms with Gasteiger partial charge in [0, 0.05) is 0 Å². The normalized spacial score (nSPS) is 15.8. The highest BCUT2D eigenvalue weighted by molar-refractivity contribution is 14.3. The molecule has 0 spiro atoms. The van der Waals surface area contributed by atoms with Crippen LogP contribution in [0.3, 0.4) is 0 Å². The smallest absolute Gasteiger partial charge is 0.0700 e. The predicted molar refractivity (Wildman–Crippen MR) is 168 cm³/mol. The Morgan fingerprint density at radius 3 is 0.875 bits per heavy atom. The Balaban J connectivity index is 5.81. The topological polar surface area (TPSA) is 0 Å². The Morgan fingerprint density at radius 1 is 0.562 bits per heavy atom. The summed E-state index contributed by atoms with van der Waals surface area (Å²) >= 11 is 28.1. The Morgan fingerprint density at radius 2 is 0.812 bits per heavy atom. The van der Waals surface area contributed by atoms with E-state index in [9.17, 15) is 0 Å². The minimum Gasteiger partial charge on any atom is -0.0700 e. The molecule has 0 saturated heterocycles. The van der Waals surface area contributed by atoms with Crippen molar-refractivity contribution in [2.75, 3.05) is 0 Å². The van der Waals surface area contributed by atoms with Gasteiger partial charge in [-0.05, 0) is 0 Å². The molecule has 16 heavy (non-hydrogen) atoms. The number of alkyl halides is 9. The van der Waals surface area contributed by atoms with Crippen LogP contribution in [0.4, 0.5) is 0 Å². The van der Waals surface area contributed by atoms with E-state index in [4.69, 9.17) is 0 Å². The molecule has 0 heterocycles. The lowest BCUT2D eigenvalue weighted by Gasteiger charge is -2.50. The number of hydrogen-bond donors (Lipinski definition) is 0. The van der Waals surface area contributed by atoms with Gasteiger partial charge in [-0.1, -0.05) is 248 Å². The summed E-state index contributed by atoms with van der Waals surface area (Å²) < 4.78 is 1.87. The van der Waals surface area contributed by atoms with Crippen molar-refractivity contribution in [3.05, 3.63) is 1.93 Å². The van der Waals surface area contributed by atoms with Crippen molar-refractivity contribution in [2.24, 2.45) is 0 Å². The van der Waals surface area contributed by atoms with Gasteiger partial charge in [-0.2, -0.15) is 0 Å². The molecular weight excluding hydrogens is 1460 g/mol. The third-order valence-electron chi connectivity index (χ3n) is 1.45. The molecule has 0 aromatic heterocycles. The van der Waals surface area contributed by atoms with Crippen LogP contribution in [0.2, 0.25) is 0 Å². The first-order valence-electron chi connectivity index (χ1n) is 3.08. The van der Waals surface area contributed by atoms with Gasteiger partial charge in [0.1, 0.15) is 5.65 Å². The minimum atomic E-state index is 0.0946. The largest absolute Gasteiger partial charge is 0.143 e. The van der Waals surface area contributed by atoms with E-state index in [-0.39, 0.29) is 3.72 Å². The summed E-state index contributed by atoms with van der Waals surface area (Å²) in [6.07, 6.45) is 0. The van der Waals surface area contributed by atoms with Crippen LogP contribution in [-0.2, 0) is 0 Å². The number of hydrogen-bond acceptors (Lipinski definition) is 0. The summed E-state index contributed by atoms with van der Waals surface area (Å²) in [5, 5.41) is 0. The fourth-order valence-electron chi connectivity index (χ4n) is 0.647. The van der Waals surface area contributed by atoms with Gasteiger partial charge in [0.05, 0.1) is 0 Å². The highest BCUT2D eigenvalue weighted by atomic mass is 127. The van der Waals surface area contributed by atoms with E-state index in [1.165, 1.54) is 1.93 Å².